The van der Waals surface area contributed by atoms with Crippen LogP contribution >= 0.6 is 0 Å². The van der Waals surface area contributed by atoms with Crippen molar-refractivity contribution in [1.82, 2.24) is 10.3 Å². The van der Waals surface area contributed by atoms with E-state index in [0.717, 1.165) is 12.0 Å². The second kappa shape index (κ2) is 4.60. The van der Waals surface area contributed by atoms with Crippen LogP contribution in [-0.2, 0) is 0 Å². The minimum absolute atomic E-state index is 0.0834. The van der Waals surface area contributed by atoms with Crippen LogP contribution in [0, 0.1) is 6.92 Å². The van der Waals surface area contributed by atoms with Gasteiger partial charge in [0.2, 0.25) is 0 Å². The summed E-state index contributed by atoms with van der Waals surface area (Å²) in [7, 11) is 0. The number of aromatic nitrogens is 1. The molecule has 0 fully saturated rings. The Morgan fingerprint density at radius 1 is 1.62 bits per heavy atom. The maximum atomic E-state index is 11.5. The van der Waals surface area contributed by atoms with Gasteiger partial charge in [0.15, 0.2) is 0 Å². The third-order valence-corrected chi connectivity index (χ3v) is 1.76. The fourth-order valence-corrected chi connectivity index (χ4v) is 1.05. The zero-order valence-corrected chi connectivity index (χ0v) is 8.00. The van der Waals surface area contributed by atoms with Crippen LogP contribution in [0.4, 0.5) is 0 Å². The van der Waals surface area contributed by atoms with Crippen molar-refractivity contribution in [3.05, 3.63) is 29.6 Å². The van der Waals surface area contributed by atoms with Crippen LogP contribution in [0.5, 0.6) is 0 Å². The summed E-state index contributed by atoms with van der Waals surface area (Å²) in [5.41, 5.74) is 1.44. The van der Waals surface area contributed by atoms with E-state index in [1.54, 1.807) is 6.20 Å². The lowest BCUT2D eigenvalue weighted by molar-refractivity contribution is 0.0948. The Morgan fingerprint density at radius 3 is 3.00 bits per heavy atom. The molecule has 0 aliphatic carbocycles. The van der Waals surface area contributed by atoms with Crippen molar-refractivity contribution in [2.24, 2.45) is 0 Å². The molecule has 3 nitrogen and oxygen atoms in total. The Labute approximate surface area is 78.2 Å². The first-order chi connectivity index (χ1) is 6.25. The number of pyridine rings is 1. The van der Waals surface area contributed by atoms with E-state index in [2.05, 4.69) is 10.3 Å². The zero-order chi connectivity index (χ0) is 9.68. The van der Waals surface area contributed by atoms with Crippen LogP contribution in [0.3, 0.4) is 0 Å². The van der Waals surface area contributed by atoms with Crippen molar-refractivity contribution in [1.29, 1.82) is 0 Å². The van der Waals surface area contributed by atoms with E-state index >= 15 is 0 Å². The summed E-state index contributed by atoms with van der Waals surface area (Å²) in [5, 5.41) is 2.79. The standard InChI is InChI=1S/C10H14N2O/c1-3-6-12-10(13)9-8(2)5-4-7-11-9/h4-5,7H,3,6H2,1-2H3,(H,12,13). The lowest BCUT2D eigenvalue weighted by atomic mass is 10.2. The monoisotopic (exact) mass is 178 g/mol. The summed E-state index contributed by atoms with van der Waals surface area (Å²) in [6.07, 6.45) is 2.57. The highest BCUT2D eigenvalue weighted by molar-refractivity contribution is 5.93. The average molecular weight is 178 g/mol. The average Bonchev–Trinajstić information content (AvgIpc) is 2.15. The van der Waals surface area contributed by atoms with Gasteiger partial charge < -0.3 is 5.32 Å². The van der Waals surface area contributed by atoms with Crippen LogP contribution in [0.15, 0.2) is 18.3 Å². The fraction of sp³-hybridized carbons (Fsp3) is 0.400. The number of carbonyl (C=O) groups is 1. The van der Waals surface area contributed by atoms with Gasteiger partial charge in [-0.2, -0.15) is 0 Å². The Kier molecular flexibility index (Phi) is 3.43. The molecule has 0 aromatic carbocycles. The van der Waals surface area contributed by atoms with E-state index in [1.807, 2.05) is 26.0 Å². The highest BCUT2D eigenvalue weighted by Crippen LogP contribution is 2.02. The van der Waals surface area contributed by atoms with Crippen molar-refractivity contribution >= 4 is 5.91 Å². The molecule has 0 aliphatic heterocycles. The van der Waals surface area contributed by atoms with Gasteiger partial charge in [0.05, 0.1) is 0 Å². The van der Waals surface area contributed by atoms with Crippen LogP contribution < -0.4 is 5.32 Å². The number of amides is 1. The minimum atomic E-state index is -0.0834. The van der Waals surface area contributed by atoms with Gasteiger partial charge in [-0.3, -0.25) is 9.78 Å². The smallest absolute Gasteiger partial charge is 0.270 e. The molecule has 0 radical (unpaired) electrons. The Bertz CT molecular complexity index is 297. The van der Waals surface area contributed by atoms with Crippen molar-refractivity contribution in [3.63, 3.8) is 0 Å². The third-order valence-electron chi connectivity index (χ3n) is 1.76. The largest absolute Gasteiger partial charge is 0.351 e. The summed E-state index contributed by atoms with van der Waals surface area (Å²) >= 11 is 0. The molecule has 0 unspecified atom stereocenters. The molecule has 1 N–H and O–H groups in total. The van der Waals surface area contributed by atoms with Gasteiger partial charge in [-0.15, -0.1) is 0 Å². The van der Waals surface area contributed by atoms with Crippen molar-refractivity contribution < 1.29 is 4.79 Å². The second-order valence-electron chi connectivity index (χ2n) is 2.92. The first-order valence-corrected chi connectivity index (χ1v) is 4.45. The van der Waals surface area contributed by atoms with Gasteiger partial charge in [-0.25, -0.2) is 0 Å². The summed E-state index contributed by atoms with van der Waals surface area (Å²) in [6.45, 7) is 4.61. The number of hydrogen-bond donors (Lipinski definition) is 1. The molecule has 13 heavy (non-hydrogen) atoms. The molecule has 3 heteroatoms. The van der Waals surface area contributed by atoms with E-state index < -0.39 is 0 Å². The van der Waals surface area contributed by atoms with Gasteiger partial charge in [-0.1, -0.05) is 13.0 Å². The number of aryl methyl sites for hydroxylation is 1. The summed E-state index contributed by atoms with van der Waals surface area (Å²) in [4.78, 5) is 15.5. The maximum absolute atomic E-state index is 11.5. The molecule has 1 aromatic heterocycles. The van der Waals surface area contributed by atoms with E-state index in [-0.39, 0.29) is 5.91 Å². The van der Waals surface area contributed by atoms with E-state index in [9.17, 15) is 4.79 Å². The van der Waals surface area contributed by atoms with Crippen LogP contribution in [-0.4, -0.2) is 17.4 Å². The quantitative estimate of drug-likeness (QED) is 0.762. The lowest BCUT2D eigenvalue weighted by Gasteiger charge is -2.04. The SMILES string of the molecule is CCCNC(=O)c1ncccc1C. The van der Waals surface area contributed by atoms with Crippen LogP contribution in [0.25, 0.3) is 0 Å². The molecule has 0 saturated heterocycles. The molecule has 0 aliphatic rings. The number of nitrogens with zero attached hydrogens (tertiary/aromatic N) is 1. The predicted octanol–water partition coefficient (Wildman–Crippen LogP) is 1.53. The Balaban J connectivity index is 2.71. The summed E-state index contributed by atoms with van der Waals surface area (Å²) in [5.74, 6) is -0.0834. The van der Waals surface area contributed by atoms with Crippen molar-refractivity contribution in [2.45, 2.75) is 20.3 Å². The Morgan fingerprint density at radius 2 is 2.38 bits per heavy atom. The molecule has 1 amide bonds. The van der Waals surface area contributed by atoms with Crippen LogP contribution in [0.1, 0.15) is 29.4 Å². The van der Waals surface area contributed by atoms with Gasteiger partial charge in [0.1, 0.15) is 5.69 Å². The molecule has 0 bridgehead atoms. The minimum Gasteiger partial charge on any atom is -0.351 e. The van der Waals surface area contributed by atoms with Gasteiger partial charge >= 0.3 is 0 Å². The highest BCUT2D eigenvalue weighted by Gasteiger charge is 2.07. The van der Waals surface area contributed by atoms with E-state index in [4.69, 9.17) is 0 Å². The number of nitrogens with one attached hydrogen (secondary N) is 1. The van der Waals surface area contributed by atoms with E-state index in [1.165, 1.54) is 0 Å². The molecule has 70 valence electrons. The number of carbonyl (C=O) groups excluding carboxylic acids is 1. The molecule has 1 heterocycles. The lowest BCUT2D eigenvalue weighted by Crippen LogP contribution is -2.25. The molecule has 1 aromatic rings. The van der Waals surface area contributed by atoms with Crippen molar-refractivity contribution in [2.75, 3.05) is 6.54 Å². The summed E-state index contributed by atoms with van der Waals surface area (Å²) < 4.78 is 0. The molecule has 1 rings (SSSR count). The van der Waals surface area contributed by atoms with Gasteiger partial charge in [0, 0.05) is 12.7 Å². The first kappa shape index (κ1) is 9.71. The maximum Gasteiger partial charge on any atom is 0.270 e. The van der Waals surface area contributed by atoms with Crippen molar-refractivity contribution in [3.8, 4) is 0 Å². The zero-order valence-electron chi connectivity index (χ0n) is 8.00. The number of hydrogen-bond acceptors (Lipinski definition) is 2. The Hall–Kier alpha value is -1.38. The molecule has 0 atom stereocenters. The second-order valence-corrected chi connectivity index (χ2v) is 2.92. The third kappa shape index (κ3) is 2.54. The highest BCUT2D eigenvalue weighted by atomic mass is 16.1. The van der Waals surface area contributed by atoms with Gasteiger partial charge in [-0.05, 0) is 25.0 Å². The first-order valence-electron chi connectivity index (χ1n) is 4.45. The van der Waals surface area contributed by atoms with Gasteiger partial charge in [0.25, 0.3) is 5.91 Å². The normalized spacial score (nSPS) is 9.69. The predicted molar refractivity (Wildman–Crippen MR) is 51.6 cm³/mol. The topological polar surface area (TPSA) is 42.0 Å². The molecule has 0 spiro atoms. The van der Waals surface area contributed by atoms with E-state index in [0.29, 0.717) is 12.2 Å². The van der Waals surface area contributed by atoms with Crippen LogP contribution in [0.2, 0.25) is 0 Å². The summed E-state index contributed by atoms with van der Waals surface area (Å²) in [6, 6.07) is 3.71. The molecular weight excluding hydrogens is 164 g/mol. The molecular formula is C10H14N2O. The fourth-order valence-electron chi connectivity index (χ4n) is 1.05. The molecule has 0 saturated carbocycles. The number of rotatable bonds is 3.